The van der Waals surface area contributed by atoms with Crippen molar-refractivity contribution in [3.05, 3.63) is 29.8 Å². The van der Waals surface area contributed by atoms with Crippen molar-refractivity contribution in [3.8, 4) is 5.75 Å². The molecule has 100 valence electrons. The number of benzene rings is 1. The molecule has 1 saturated heterocycles. The van der Waals surface area contributed by atoms with Gasteiger partial charge in [0.2, 0.25) is 0 Å². The normalized spacial score (nSPS) is 19.1. The van der Waals surface area contributed by atoms with E-state index in [1.54, 1.807) is 0 Å². The second-order valence-corrected chi connectivity index (χ2v) is 4.33. The van der Waals surface area contributed by atoms with E-state index in [2.05, 4.69) is 5.32 Å². The van der Waals surface area contributed by atoms with Gasteiger partial charge in [-0.25, -0.2) is 8.78 Å². The van der Waals surface area contributed by atoms with Crippen LogP contribution >= 0.6 is 0 Å². The molecule has 0 aromatic heterocycles. The van der Waals surface area contributed by atoms with Crippen molar-refractivity contribution in [3.63, 3.8) is 0 Å². The monoisotopic (exact) mass is 257 g/mol. The first-order valence-corrected chi connectivity index (χ1v) is 6.12. The van der Waals surface area contributed by atoms with Crippen LogP contribution in [-0.2, 0) is 4.74 Å². The maximum absolute atomic E-state index is 13.2. The minimum atomic E-state index is -0.667. The molecule has 0 bridgehead atoms. The highest BCUT2D eigenvalue weighted by Gasteiger charge is 2.14. The van der Waals surface area contributed by atoms with Gasteiger partial charge in [-0.2, -0.15) is 0 Å². The molecule has 2 rings (SSSR count). The Morgan fingerprint density at radius 3 is 2.78 bits per heavy atom. The largest absolute Gasteiger partial charge is 0.486 e. The van der Waals surface area contributed by atoms with Crippen LogP contribution in [0.5, 0.6) is 5.75 Å². The lowest BCUT2D eigenvalue weighted by Crippen LogP contribution is -2.27. The van der Waals surface area contributed by atoms with Gasteiger partial charge in [-0.05, 0) is 24.5 Å². The van der Waals surface area contributed by atoms with Crippen LogP contribution in [0, 0.1) is 17.6 Å². The number of halogens is 2. The lowest BCUT2D eigenvalue weighted by atomic mass is 10.1. The number of ether oxygens (including phenoxy) is 2. The standard InChI is InChI=1S/C13H17F2NO2/c14-11-2-1-3-12(15)13(11)18-7-5-16-8-10-4-6-17-9-10/h1-3,10,16H,4-9H2. The molecule has 1 aromatic carbocycles. The fourth-order valence-corrected chi connectivity index (χ4v) is 1.90. The zero-order chi connectivity index (χ0) is 12.8. The first-order chi connectivity index (χ1) is 8.77. The Kier molecular flexibility index (Phi) is 4.90. The van der Waals surface area contributed by atoms with E-state index < -0.39 is 11.6 Å². The molecule has 1 aromatic rings. The van der Waals surface area contributed by atoms with Crippen molar-refractivity contribution in [2.24, 2.45) is 5.92 Å². The van der Waals surface area contributed by atoms with Crippen LogP contribution < -0.4 is 10.1 Å². The van der Waals surface area contributed by atoms with Crippen LogP contribution in [0.15, 0.2) is 18.2 Å². The van der Waals surface area contributed by atoms with Crippen molar-refractivity contribution in [1.29, 1.82) is 0 Å². The van der Waals surface area contributed by atoms with E-state index in [1.165, 1.54) is 18.2 Å². The minimum absolute atomic E-state index is 0.241. The molecule has 1 fully saturated rings. The molecular formula is C13H17F2NO2. The molecule has 5 heteroatoms. The second-order valence-electron chi connectivity index (χ2n) is 4.33. The average Bonchev–Trinajstić information content (AvgIpc) is 2.85. The number of nitrogens with one attached hydrogen (secondary N) is 1. The van der Waals surface area contributed by atoms with Crippen molar-refractivity contribution in [2.75, 3.05) is 32.9 Å². The highest BCUT2D eigenvalue weighted by atomic mass is 19.1. The molecule has 1 N–H and O–H groups in total. The van der Waals surface area contributed by atoms with Gasteiger partial charge >= 0.3 is 0 Å². The maximum atomic E-state index is 13.2. The summed E-state index contributed by atoms with van der Waals surface area (Å²) in [7, 11) is 0. The van der Waals surface area contributed by atoms with Crippen molar-refractivity contribution < 1.29 is 18.3 Å². The molecule has 18 heavy (non-hydrogen) atoms. The Morgan fingerprint density at radius 2 is 2.11 bits per heavy atom. The number of rotatable bonds is 6. The molecule has 1 unspecified atom stereocenters. The van der Waals surface area contributed by atoms with Gasteiger partial charge in [-0.1, -0.05) is 6.07 Å². The van der Waals surface area contributed by atoms with Gasteiger partial charge < -0.3 is 14.8 Å². The Morgan fingerprint density at radius 1 is 1.33 bits per heavy atom. The predicted molar refractivity (Wildman–Crippen MR) is 63.6 cm³/mol. The fourth-order valence-electron chi connectivity index (χ4n) is 1.90. The fraction of sp³-hybridized carbons (Fsp3) is 0.538. The van der Waals surface area contributed by atoms with E-state index in [9.17, 15) is 8.78 Å². The Hall–Kier alpha value is -1.20. The summed E-state index contributed by atoms with van der Waals surface area (Å²) >= 11 is 0. The molecule has 0 saturated carbocycles. The molecule has 3 nitrogen and oxygen atoms in total. The summed E-state index contributed by atoms with van der Waals surface area (Å²) in [6.45, 7) is 3.26. The minimum Gasteiger partial charge on any atom is -0.486 e. The smallest absolute Gasteiger partial charge is 0.190 e. The third-order valence-electron chi connectivity index (χ3n) is 2.90. The van der Waals surface area contributed by atoms with Crippen LogP contribution in [0.4, 0.5) is 8.78 Å². The number of hydrogen-bond acceptors (Lipinski definition) is 3. The summed E-state index contributed by atoms with van der Waals surface area (Å²) in [6.07, 6.45) is 1.07. The summed E-state index contributed by atoms with van der Waals surface area (Å²) in [5.41, 5.74) is 0. The second kappa shape index (κ2) is 6.66. The van der Waals surface area contributed by atoms with Crippen LogP contribution in [0.2, 0.25) is 0 Å². The summed E-state index contributed by atoms with van der Waals surface area (Å²) in [4.78, 5) is 0. The quantitative estimate of drug-likeness (QED) is 0.790. The molecular weight excluding hydrogens is 240 g/mol. The highest BCUT2D eigenvalue weighted by molar-refractivity contribution is 5.25. The van der Waals surface area contributed by atoms with Gasteiger partial charge in [0.1, 0.15) is 6.61 Å². The molecule has 0 radical (unpaired) electrons. The van der Waals surface area contributed by atoms with E-state index in [-0.39, 0.29) is 12.4 Å². The summed E-state index contributed by atoms with van der Waals surface area (Å²) in [5, 5.41) is 3.19. The first-order valence-electron chi connectivity index (χ1n) is 6.12. The zero-order valence-corrected chi connectivity index (χ0v) is 10.1. The molecule has 0 amide bonds. The molecule has 1 heterocycles. The Bertz CT molecular complexity index is 361. The van der Waals surface area contributed by atoms with Gasteiger partial charge in [0, 0.05) is 19.7 Å². The van der Waals surface area contributed by atoms with Crippen LogP contribution in [-0.4, -0.2) is 32.9 Å². The predicted octanol–water partition coefficient (Wildman–Crippen LogP) is 1.97. The van der Waals surface area contributed by atoms with Gasteiger partial charge in [0.05, 0.1) is 6.61 Å². The number of hydrogen-bond donors (Lipinski definition) is 1. The molecule has 1 atom stereocenters. The topological polar surface area (TPSA) is 30.5 Å². The first kappa shape index (κ1) is 13.2. The lowest BCUT2D eigenvalue weighted by molar-refractivity contribution is 0.184. The van der Waals surface area contributed by atoms with Gasteiger partial charge in [-0.3, -0.25) is 0 Å². The highest BCUT2D eigenvalue weighted by Crippen LogP contribution is 2.20. The lowest BCUT2D eigenvalue weighted by Gasteiger charge is -2.11. The SMILES string of the molecule is Fc1cccc(F)c1OCCNCC1CCOC1. The van der Waals surface area contributed by atoms with E-state index in [0.717, 1.165) is 26.2 Å². The van der Waals surface area contributed by atoms with Crippen LogP contribution in [0.25, 0.3) is 0 Å². The molecule has 0 spiro atoms. The molecule has 1 aliphatic heterocycles. The zero-order valence-electron chi connectivity index (χ0n) is 10.1. The Balaban J connectivity index is 1.65. The van der Waals surface area contributed by atoms with Crippen molar-refractivity contribution in [1.82, 2.24) is 5.32 Å². The number of para-hydroxylation sites is 1. The summed E-state index contributed by atoms with van der Waals surface area (Å²) in [5.74, 6) is -1.10. The molecule has 0 aliphatic carbocycles. The van der Waals surface area contributed by atoms with Gasteiger partial charge in [0.15, 0.2) is 17.4 Å². The molecule has 1 aliphatic rings. The van der Waals surface area contributed by atoms with Crippen LogP contribution in [0.1, 0.15) is 6.42 Å². The van der Waals surface area contributed by atoms with E-state index in [0.29, 0.717) is 12.5 Å². The van der Waals surface area contributed by atoms with Gasteiger partial charge in [-0.15, -0.1) is 0 Å². The third-order valence-corrected chi connectivity index (χ3v) is 2.90. The van der Waals surface area contributed by atoms with E-state index in [4.69, 9.17) is 9.47 Å². The van der Waals surface area contributed by atoms with E-state index >= 15 is 0 Å². The van der Waals surface area contributed by atoms with Crippen LogP contribution in [0.3, 0.4) is 0 Å². The maximum Gasteiger partial charge on any atom is 0.190 e. The Labute approximate surface area is 105 Å². The van der Waals surface area contributed by atoms with Gasteiger partial charge in [0.25, 0.3) is 0 Å². The average molecular weight is 257 g/mol. The van der Waals surface area contributed by atoms with Crippen molar-refractivity contribution >= 4 is 0 Å². The third kappa shape index (κ3) is 3.65. The van der Waals surface area contributed by atoms with Crippen molar-refractivity contribution in [2.45, 2.75) is 6.42 Å². The summed E-state index contributed by atoms with van der Waals surface area (Å²) in [6, 6.07) is 3.68. The summed E-state index contributed by atoms with van der Waals surface area (Å²) < 4.78 is 36.7. The van der Waals surface area contributed by atoms with E-state index in [1.807, 2.05) is 0 Å².